The predicted octanol–water partition coefficient (Wildman–Crippen LogP) is 3.41. The van der Waals surface area contributed by atoms with Gasteiger partial charge in [-0.2, -0.15) is 0 Å². The molecule has 0 aliphatic carbocycles. The van der Waals surface area contributed by atoms with Gasteiger partial charge in [0.1, 0.15) is 17.4 Å². The third-order valence-electron chi connectivity index (χ3n) is 3.23. The summed E-state index contributed by atoms with van der Waals surface area (Å²) in [7, 11) is 0. The van der Waals surface area contributed by atoms with Crippen molar-refractivity contribution < 1.29 is 14.3 Å². The van der Waals surface area contributed by atoms with E-state index < -0.39 is 17.4 Å². The normalized spacial score (nSPS) is 20.2. The molecule has 1 aliphatic rings. The number of carbonyl (C=O) groups excluding carboxylic acids is 1. The lowest BCUT2D eigenvalue weighted by molar-refractivity contribution is -0.0608. The fourth-order valence-corrected chi connectivity index (χ4v) is 2.25. The van der Waals surface area contributed by atoms with E-state index in [2.05, 4.69) is 11.8 Å². The van der Waals surface area contributed by atoms with E-state index in [0.717, 1.165) is 5.56 Å². The average molecular weight is 301 g/mol. The molecule has 0 unspecified atom stereocenters. The minimum Gasteiger partial charge on any atom is -0.444 e. The van der Waals surface area contributed by atoms with E-state index in [4.69, 9.17) is 9.47 Å². The van der Waals surface area contributed by atoms with Gasteiger partial charge in [0.05, 0.1) is 6.61 Å². The highest BCUT2D eigenvalue weighted by atomic mass is 16.6. The molecule has 0 bridgehead atoms. The number of ether oxygens (including phenoxy) is 2. The van der Waals surface area contributed by atoms with Crippen molar-refractivity contribution in [3.8, 4) is 11.8 Å². The van der Waals surface area contributed by atoms with E-state index in [1.807, 2.05) is 65.0 Å². The van der Waals surface area contributed by atoms with Gasteiger partial charge in [0.2, 0.25) is 0 Å². The standard InChI is InChI=1S/C18H23NO3/c1-17(2,3)22-16(20)19-15(13-21-18(19,4)5)12-11-14-9-7-6-8-10-14/h6-10,15H,13H2,1-5H3/t15-/m1/s1. The molecule has 1 fully saturated rings. The smallest absolute Gasteiger partial charge is 0.413 e. The number of benzene rings is 1. The minimum absolute atomic E-state index is 0.315. The molecule has 118 valence electrons. The van der Waals surface area contributed by atoms with Crippen LogP contribution in [0.15, 0.2) is 30.3 Å². The Morgan fingerprint density at radius 1 is 1.32 bits per heavy atom. The van der Waals surface area contributed by atoms with Crippen LogP contribution in [0.5, 0.6) is 0 Å². The van der Waals surface area contributed by atoms with E-state index in [0.29, 0.717) is 6.61 Å². The molecule has 0 radical (unpaired) electrons. The van der Waals surface area contributed by atoms with E-state index in [1.54, 1.807) is 4.90 Å². The highest BCUT2D eigenvalue weighted by Gasteiger charge is 2.45. The second kappa shape index (κ2) is 6.02. The SMILES string of the molecule is CC(C)(C)OC(=O)N1[C@H](C#Cc2ccccc2)COC1(C)C. The molecule has 1 saturated heterocycles. The average Bonchev–Trinajstić information content (AvgIpc) is 2.71. The zero-order valence-electron chi connectivity index (χ0n) is 13.8. The Morgan fingerprint density at radius 3 is 2.55 bits per heavy atom. The van der Waals surface area contributed by atoms with Gasteiger partial charge in [-0.1, -0.05) is 30.0 Å². The van der Waals surface area contributed by atoms with Crippen LogP contribution in [0.4, 0.5) is 4.79 Å². The van der Waals surface area contributed by atoms with Crippen molar-refractivity contribution in [3.05, 3.63) is 35.9 Å². The Labute approximate surface area is 132 Å². The van der Waals surface area contributed by atoms with Gasteiger partial charge in [0.25, 0.3) is 0 Å². The van der Waals surface area contributed by atoms with Crippen molar-refractivity contribution in [2.45, 2.75) is 52.0 Å². The molecule has 1 aliphatic heterocycles. The summed E-state index contributed by atoms with van der Waals surface area (Å²) in [5, 5.41) is 0. The Kier molecular flexibility index (Phi) is 4.48. The van der Waals surface area contributed by atoms with E-state index in [9.17, 15) is 4.79 Å². The third kappa shape index (κ3) is 4.02. The summed E-state index contributed by atoms with van der Waals surface area (Å²) in [6.45, 7) is 9.62. The first kappa shape index (κ1) is 16.4. The first-order valence-electron chi connectivity index (χ1n) is 7.42. The zero-order chi connectivity index (χ0) is 16.4. The number of amides is 1. The summed E-state index contributed by atoms with van der Waals surface area (Å²) < 4.78 is 11.2. The van der Waals surface area contributed by atoms with Gasteiger partial charge >= 0.3 is 6.09 Å². The molecular weight excluding hydrogens is 278 g/mol. The van der Waals surface area contributed by atoms with Gasteiger partial charge < -0.3 is 9.47 Å². The monoisotopic (exact) mass is 301 g/mol. The topological polar surface area (TPSA) is 38.8 Å². The first-order valence-corrected chi connectivity index (χ1v) is 7.42. The number of hydrogen-bond donors (Lipinski definition) is 0. The lowest BCUT2D eigenvalue weighted by atomic mass is 10.2. The fourth-order valence-electron chi connectivity index (χ4n) is 2.25. The minimum atomic E-state index is -0.724. The van der Waals surface area contributed by atoms with Crippen LogP contribution in [0.1, 0.15) is 40.2 Å². The Bertz CT molecular complexity index is 590. The molecule has 0 spiro atoms. The molecule has 2 rings (SSSR count). The van der Waals surface area contributed by atoms with E-state index in [1.165, 1.54) is 0 Å². The lowest BCUT2D eigenvalue weighted by Crippen LogP contribution is -2.49. The van der Waals surface area contributed by atoms with Crippen LogP contribution >= 0.6 is 0 Å². The first-order chi connectivity index (χ1) is 10.2. The summed E-state index contributed by atoms with van der Waals surface area (Å²) in [4.78, 5) is 14.0. The second-order valence-electron chi connectivity index (χ2n) is 6.76. The quantitative estimate of drug-likeness (QED) is 0.689. The van der Waals surface area contributed by atoms with Crippen LogP contribution in [-0.2, 0) is 9.47 Å². The van der Waals surface area contributed by atoms with Crippen LogP contribution in [0.25, 0.3) is 0 Å². The third-order valence-corrected chi connectivity index (χ3v) is 3.23. The van der Waals surface area contributed by atoms with Crippen molar-refractivity contribution in [1.29, 1.82) is 0 Å². The molecule has 4 heteroatoms. The van der Waals surface area contributed by atoms with Crippen molar-refractivity contribution in [3.63, 3.8) is 0 Å². The summed E-state index contributed by atoms with van der Waals surface area (Å²) in [5.41, 5.74) is -0.359. The Balaban J connectivity index is 2.20. The van der Waals surface area contributed by atoms with Gasteiger partial charge in [-0.15, -0.1) is 0 Å². The summed E-state index contributed by atoms with van der Waals surface area (Å²) in [6.07, 6.45) is -0.401. The highest BCUT2D eigenvalue weighted by molar-refractivity contribution is 5.70. The van der Waals surface area contributed by atoms with Crippen LogP contribution in [0.3, 0.4) is 0 Å². The molecule has 1 atom stereocenters. The molecular formula is C18H23NO3. The van der Waals surface area contributed by atoms with Crippen molar-refractivity contribution >= 4 is 6.09 Å². The molecule has 1 aromatic carbocycles. The molecule has 4 nitrogen and oxygen atoms in total. The zero-order valence-corrected chi connectivity index (χ0v) is 13.8. The molecule has 1 heterocycles. The number of rotatable bonds is 0. The van der Waals surface area contributed by atoms with Gasteiger partial charge in [-0.05, 0) is 46.8 Å². The molecule has 0 aromatic heterocycles. The van der Waals surface area contributed by atoms with Crippen LogP contribution < -0.4 is 0 Å². The van der Waals surface area contributed by atoms with Gasteiger partial charge in [0.15, 0.2) is 0 Å². The Morgan fingerprint density at radius 2 is 1.95 bits per heavy atom. The fraction of sp³-hybridized carbons (Fsp3) is 0.500. The van der Waals surface area contributed by atoms with Gasteiger partial charge in [-0.3, -0.25) is 4.90 Å². The van der Waals surface area contributed by atoms with Gasteiger partial charge in [-0.25, -0.2) is 4.79 Å². The second-order valence-corrected chi connectivity index (χ2v) is 6.76. The van der Waals surface area contributed by atoms with Crippen LogP contribution in [0, 0.1) is 11.8 Å². The predicted molar refractivity (Wildman–Crippen MR) is 85.2 cm³/mol. The van der Waals surface area contributed by atoms with E-state index in [-0.39, 0.29) is 6.04 Å². The van der Waals surface area contributed by atoms with Crippen LogP contribution in [-0.4, -0.2) is 35.0 Å². The summed E-state index contributed by atoms with van der Waals surface area (Å²) in [5.74, 6) is 6.21. The summed E-state index contributed by atoms with van der Waals surface area (Å²) >= 11 is 0. The lowest BCUT2D eigenvalue weighted by Gasteiger charge is -2.33. The highest BCUT2D eigenvalue weighted by Crippen LogP contribution is 2.29. The van der Waals surface area contributed by atoms with Crippen molar-refractivity contribution in [2.24, 2.45) is 0 Å². The molecule has 1 amide bonds. The maximum absolute atomic E-state index is 12.5. The maximum Gasteiger partial charge on any atom is 0.413 e. The molecule has 22 heavy (non-hydrogen) atoms. The number of hydrogen-bond acceptors (Lipinski definition) is 3. The van der Waals surface area contributed by atoms with Crippen molar-refractivity contribution in [2.75, 3.05) is 6.61 Å². The van der Waals surface area contributed by atoms with Crippen LogP contribution in [0.2, 0.25) is 0 Å². The largest absolute Gasteiger partial charge is 0.444 e. The molecule has 0 saturated carbocycles. The number of carbonyl (C=O) groups is 1. The van der Waals surface area contributed by atoms with E-state index >= 15 is 0 Å². The number of nitrogens with zero attached hydrogens (tertiary/aromatic N) is 1. The van der Waals surface area contributed by atoms with Crippen molar-refractivity contribution in [1.82, 2.24) is 4.90 Å². The Hall–Kier alpha value is -1.99. The molecule has 0 N–H and O–H groups in total. The summed E-state index contributed by atoms with van der Waals surface area (Å²) in [6, 6.07) is 9.37. The molecule has 1 aromatic rings. The van der Waals surface area contributed by atoms with Gasteiger partial charge in [0, 0.05) is 5.56 Å². The maximum atomic E-state index is 12.5.